The fourth-order valence-corrected chi connectivity index (χ4v) is 9.05. The van der Waals surface area contributed by atoms with Crippen LogP contribution in [0.15, 0.2) is 206 Å². The number of aromatic nitrogens is 2. The van der Waals surface area contributed by atoms with Crippen molar-refractivity contribution in [1.29, 1.82) is 0 Å². The van der Waals surface area contributed by atoms with Gasteiger partial charge in [-0.15, -0.1) is 0 Å². The lowest BCUT2D eigenvalue weighted by Gasteiger charge is -2.09. The summed E-state index contributed by atoms with van der Waals surface area (Å²) in [5.74, 6) is 0. The van der Waals surface area contributed by atoms with Crippen LogP contribution in [-0.2, 0) is 13.1 Å². The maximum atomic E-state index is 2.47. The van der Waals surface area contributed by atoms with Crippen LogP contribution in [0.5, 0.6) is 0 Å². The fraction of sp³-hybridized carbons (Fsp3) is 0.333. The van der Waals surface area contributed by atoms with E-state index in [-0.39, 0.29) is 0 Å². The van der Waals surface area contributed by atoms with E-state index in [1.165, 1.54) is 97.8 Å². The molecular formula is C78H110N2. The van der Waals surface area contributed by atoms with Gasteiger partial charge in [0, 0.05) is 34.6 Å². The Labute approximate surface area is 489 Å². The van der Waals surface area contributed by atoms with Crippen LogP contribution < -0.4 is 0 Å². The van der Waals surface area contributed by atoms with Crippen LogP contribution >= 0.6 is 0 Å². The molecule has 0 atom stereocenters. The molecule has 12 aromatic rings. The normalized spacial score (nSPS) is 9.10. The molecule has 2 aromatic heterocycles. The van der Waals surface area contributed by atoms with Crippen molar-refractivity contribution in [3.63, 3.8) is 0 Å². The van der Waals surface area contributed by atoms with Crippen molar-refractivity contribution in [1.82, 2.24) is 9.13 Å². The highest BCUT2D eigenvalue weighted by Gasteiger charge is 2.17. The van der Waals surface area contributed by atoms with E-state index in [9.17, 15) is 0 Å². The number of benzene rings is 10. The highest BCUT2D eigenvalue weighted by Crippen LogP contribution is 2.40. The van der Waals surface area contributed by atoms with Gasteiger partial charge in [-0.05, 0) is 84.5 Å². The Balaban J connectivity index is 0. The average molecular weight is 1080 g/mol. The van der Waals surface area contributed by atoms with Crippen LogP contribution in [0.3, 0.4) is 0 Å². The maximum Gasteiger partial charge on any atom is 0.0501 e. The number of rotatable bonds is 4. The zero-order valence-corrected chi connectivity index (χ0v) is 54.9. The topological polar surface area (TPSA) is 9.86 Å². The Morgan fingerprint density at radius 1 is 0.200 bits per heavy atom. The van der Waals surface area contributed by atoms with Gasteiger partial charge in [0.1, 0.15) is 0 Å². The minimum absolute atomic E-state index is 0.873. The van der Waals surface area contributed by atoms with Crippen molar-refractivity contribution < 1.29 is 0 Å². The van der Waals surface area contributed by atoms with E-state index in [2.05, 4.69) is 215 Å². The van der Waals surface area contributed by atoms with Gasteiger partial charge >= 0.3 is 0 Å². The van der Waals surface area contributed by atoms with Gasteiger partial charge in [-0.2, -0.15) is 0 Å². The van der Waals surface area contributed by atoms with E-state index in [1.54, 1.807) is 0 Å². The van der Waals surface area contributed by atoms with Gasteiger partial charge in [0.05, 0.1) is 22.1 Å². The molecule has 0 bridgehead atoms. The molecule has 2 heterocycles. The second kappa shape index (κ2) is 45.7. The molecule has 0 aliphatic heterocycles. The van der Waals surface area contributed by atoms with E-state index in [0.29, 0.717) is 0 Å². The summed E-state index contributed by atoms with van der Waals surface area (Å²) in [7, 11) is 0. The smallest absolute Gasteiger partial charge is 0.0501 e. The first kappa shape index (κ1) is 74.9. The standard InChI is InChI=1S/2C27H19N.12C2H6/c1-2-8-19(9-3-1)18-28-24-16-14-20-10-4-6-12-22(20)26(24)27-23-13-7-5-11-21(23)15-17-25(27)28;1-2-8-19(9-3-1)18-28-25-15-14-20-10-6-7-13-23(20)27(25)24-16-21-11-4-5-12-22(21)17-26(24)28;12*1-2/h2*1-17H,18H2;12*1-2H3. The molecule has 0 saturated heterocycles. The van der Waals surface area contributed by atoms with Crippen molar-refractivity contribution in [2.45, 2.75) is 179 Å². The summed E-state index contributed by atoms with van der Waals surface area (Å²) in [6, 6.07) is 74.6. The van der Waals surface area contributed by atoms with Crippen molar-refractivity contribution >= 4 is 86.7 Å². The van der Waals surface area contributed by atoms with Crippen LogP contribution in [0.25, 0.3) is 86.7 Å². The second-order valence-electron chi connectivity index (χ2n) is 14.9. The Morgan fingerprint density at radius 2 is 0.450 bits per heavy atom. The number of hydrogen-bond donors (Lipinski definition) is 0. The van der Waals surface area contributed by atoms with Gasteiger partial charge in [-0.1, -0.05) is 342 Å². The first-order valence-electron chi connectivity index (χ1n) is 31.5. The molecule has 0 unspecified atom stereocenters. The first-order valence-corrected chi connectivity index (χ1v) is 31.5. The van der Waals surface area contributed by atoms with Crippen LogP contribution in [0.1, 0.15) is 177 Å². The van der Waals surface area contributed by atoms with Crippen LogP contribution in [-0.4, -0.2) is 9.13 Å². The lowest BCUT2D eigenvalue weighted by molar-refractivity contribution is 0.869. The Bertz CT molecular complexity index is 3260. The molecular weight excluding hydrogens is 965 g/mol. The molecule has 0 amide bonds. The van der Waals surface area contributed by atoms with Crippen molar-refractivity contribution in [2.24, 2.45) is 0 Å². The monoisotopic (exact) mass is 1070 g/mol. The van der Waals surface area contributed by atoms with Gasteiger partial charge in [0.2, 0.25) is 0 Å². The lowest BCUT2D eigenvalue weighted by atomic mass is 10.00. The molecule has 432 valence electrons. The Hall–Kier alpha value is -7.16. The summed E-state index contributed by atoms with van der Waals surface area (Å²) in [5.41, 5.74) is 7.84. The van der Waals surface area contributed by atoms with E-state index in [0.717, 1.165) is 13.1 Å². The molecule has 12 rings (SSSR count). The minimum Gasteiger partial charge on any atom is -0.336 e. The molecule has 0 aliphatic carbocycles. The summed E-state index contributed by atoms with van der Waals surface area (Å²) in [6.07, 6.45) is 0. The van der Waals surface area contributed by atoms with Gasteiger partial charge in [0.15, 0.2) is 0 Å². The largest absolute Gasteiger partial charge is 0.336 e. The predicted molar refractivity (Wildman–Crippen MR) is 376 cm³/mol. The lowest BCUT2D eigenvalue weighted by Crippen LogP contribution is -1.99. The molecule has 2 nitrogen and oxygen atoms in total. The number of nitrogens with zero attached hydrogens (tertiary/aromatic N) is 2. The van der Waals surface area contributed by atoms with Gasteiger partial charge < -0.3 is 9.13 Å². The van der Waals surface area contributed by atoms with Crippen LogP contribution in [0, 0.1) is 0 Å². The summed E-state index contributed by atoms with van der Waals surface area (Å²) < 4.78 is 4.94. The highest BCUT2D eigenvalue weighted by molar-refractivity contribution is 6.28. The third-order valence-electron chi connectivity index (χ3n) is 11.6. The summed E-state index contributed by atoms with van der Waals surface area (Å²) in [5, 5.41) is 15.9. The van der Waals surface area contributed by atoms with Crippen molar-refractivity contribution in [3.05, 3.63) is 217 Å². The highest BCUT2D eigenvalue weighted by atomic mass is 15.0. The molecule has 0 radical (unpaired) electrons. The predicted octanol–water partition coefficient (Wildman–Crippen LogP) is 26.6. The molecule has 0 spiro atoms. The summed E-state index contributed by atoms with van der Waals surface area (Å²) in [6.45, 7) is 49.7. The first-order chi connectivity index (χ1) is 39.8. The second-order valence-corrected chi connectivity index (χ2v) is 14.9. The molecule has 10 aromatic carbocycles. The third-order valence-corrected chi connectivity index (χ3v) is 11.6. The zero-order chi connectivity index (χ0) is 61.0. The Morgan fingerprint density at radius 3 is 0.787 bits per heavy atom. The third kappa shape index (κ3) is 18.7. The fourth-order valence-electron chi connectivity index (χ4n) is 9.05. The van der Waals surface area contributed by atoms with Gasteiger partial charge in [0.25, 0.3) is 0 Å². The van der Waals surface area contributed by atoms with E-state index in [1.807, 2.05) is 166 Å². The molecule has 80 heavy (non-hydrogen) atoms. The van der Waals surface area contributed by atoms with E-state index >= 15 is 0 Å². The van der Waals surface area contributed by atoms with E-state index < -0.39 is 0 Å². The average Bonchev–Trinajstić information content (AvgIpc) is 4.31. The number of fused-ring (bicyclic) bond motifs is 13. The molecule has 0 saturated carbocycles. The summed E-state index contributed by atoms with van der Waals surface area (Å²) >= 11 is 0. The summed E-state index contributed by atoms with van der Waals surface area (Å²) in [4.78, 5) is 0. The van der Waals surface area contributed by atoms with Crippen molar-refractivity contribution in [3.8, 4) is 0 Å². The molecule has 0 fully saturated rings. The number of hydrogen-bond acceptors (Lipinski definition) is 0. The van der Waals surface area contributed by atoms with Gasteiger partial charge in [-0.25, -0.2) is 0 Å². The van der Waals surface area contributed by atoms with Gasteiger partial charge in [-0.3, -0.25) is 0 Å². The van der Waals surface area contributed by atoms with Crippen LogP contribution in [0.4, 0.5) is 0 Å². The quantitative estimate of drug-likeness (QED) is 0.166. The zero-order valence-electron chi connectivity index (χ0n) is 54.9. The minimum atomic E-state index is 0.873. The van der Waals surface area contributed by atoms with Crippen molar-refractivity contribution in [2.75, 3.05) is 0 Å². The maximum absolute atomic E-state index is 2.47. The van der Waals surface area contributed by atoms with Crippen LogP contribution in [0.2, 0.25) is 0 Å². The molecule has 0 N–H and O–H groups in total. The molecule has 2 heteroatoms. The Kier molecular flexibility index (Phi) is 42.8. The van der Waals surface area contributed by atoms with E-state index in [4.69, 9.17) is 0 Å². The molecule has 0 aliphatic rings. The SMILES string of the molecule is CC.CC.CC.CC.CC.CC.CC.CC.CC.CC.CC.CC.c1ccc(Cn2c3cc4ccccc4cc3c3c4ccccc4ccc32)cc1.c1ccc(Cn2c3ccc4ccccc4c3c3c4ccccc4ccc32)cc1.